The third-order valence-corrected chi connectivity index (χ3v) is 2.02. The summed E-state index contributed by atoms with van der Waals surface area (Å²) < 4.78 is 0. The first-order valence-corrected chi connectivity index (χ1v) is 4.51. The van der Waals surface area contributed by atoms with E-state index in [0.717, 1.165) is 5.69 Å². The molecule has 0 aliphatic rings. The molecule has 2 N–H and O–H groups in total. The minimum atomic E-state index is 0.101. The lowest BCUT2D eigenvalue weighted by molar-refractivity contribution is 0.249. The number of aromatic nitrogens is 1. The summed E-state index contributed by atoms with van der Waals surface area (Å²) in [6, 6.07) is 3.92. The van der Waals surface area contributed by atoms with Crippen LogP contribution in [0.1, 0.15) is 13.8 Å². The van der Waals surface area contributed by atoms with Gasteiger partial charge in [0, 0.05) is 12.4 Å². The molecule has 0 bridgehead atoms. The van der Waals surface area contributed by atoms with Crippen molar-refractivity contribution in [2.75, 3.05) is 11.9 Å². The number of rotatable bonds is 4. The van der Waals surface area contributed by atoms with E-state index in [0.29, 0.717) is 5.92 Å². The van der Waals surface area contributed by atoms with Crippen molar-refractivity contribution < 1.29 is 5.11 Å². The summed E-state index contributed by atoms with van der Waals surface area (Å²) in [6.45, 7) is 4.29. The van der Waals surface area contributed by atoms with Gasteiger partial charge >= 0.3 is 0 Å². The van der Waals surface area contributed by atoms with E-state index in [-0.39, 0.29) is 12.6 Å². The van der Waals surface area contributed by atoms with Crippen LogP contribution in [0.5, 0.6) is 0 Å². The fraction of sp³-hybridized carbons (Fsp3) is 0.500. The summed E-state index contributed by atoms with van der Waals surface area (Å²) in [5.41, 5.74) is 0.954. The fourth-order valence-electron chi connectivity index (χ4n) is 1.09. The van der Waals surface area contributed by atoms with Gasteiger partial charge in [0.25, 0.3) is 0 Å². The van der Waals surface area contributed by atoms with E-state index >= 15 is 0 Å². The largest absolute Gasteiger partial charge is 0.394 e. The van der Waals surface area contributed by atoms with Gasteiger partial charge in [0.1, 0.15) is 0 Å². The van der Waals surface area contributed by atoms with Gasteiger partial charge < -0.3 is 10.4 Å². The highest BCUT2D eigenvalue weighted by atomic mass is 16.3. The van der Waals surface area contributed by atoms with E-state index in [4.69, 9.17) is 5.11 Å². The molecule has 0 amide bonds. The number of aliphatic hydroxyl groups is 1. The zero-order chi connectivity index (χ0) is 9.68. The van der Waals surface area contributed by atoms with Gasteiger partial charge in [-0.3, -0.25) is 4.98 Å². The first-order valence-electron chi connectivity index (χ1n) is 4.51. The van der Waals surface area contributed by atoms with E-state index in [2.05, 4.69) is 24.1 Å². The summed E-state index contributed by atoms with van der Waals surface area (Å²) in [6.07, 6.45) is 3.49. The Bertz CT molecular complexity index is 236. The first-order chi connectivity index (χ1) is 6.24. The molecule has 0 fully saturated rings. The number of nitrogens with one attached hydrogen (secondary N) is 1. The van der Waals surface area contributed by atoms with Crippen molar-refractivity contribution in [3.8, 4) is 0 Å². The molecule has 1 atom stereocenters. The standard InChI is InChI=1S/C10H16N2O/c1-8(2)10(7-13)12-9-4-3-5-11-6-9/h3-6,8,10,12-13H,7H2,1-2H3. The molecule has 1 aromatic heterocycles. The molecule has 1 aromatic rings. The highest BCUT2D eigenvalue weighted by Gasteiger charge is 2.10. The summed E-state index contributed by atoms with van der Waals surface area (Å²) in [5.74, 6) is 0.408. The third kappa shape index (κ3) is 3.03. The highest BCUT2D eigenvalue weighted by Crippen LogP contribution is 2.10. The Kier molecular flexibility index (Phi) is 3.71. The summed E-state index contributed by atoms with van der Waals surface area (Å²) >= 11 is 0. The average molecular weight is 180 g/mol. The number of pyridine rings is 1. The molecule has 0 aromatic carbocycles. The molecule has 1 heterocycles. The van der Waals surface area contributed by atoms with Crippen molar-refractivity contribution in [1.82, 2.24) is 4.98 Å². The maximum atomic E-state index is 9.07. The molecule has 1 rings (SSSR count). The van der Waals surface area contributed by atoms with E-state index in [1.807, 2.05) is 12.1 Å². The molecule has 1 unspecified atom stereocenters. The Morgan fingerprint density at radius 3 is 2.77 bits per heavy atom. The van der Waals surface area contributed by atoms with E-state index < -0.39 is 0 Å². The van der Waals surface area contributed by atoms with E-state index in [1.54, 1.807) is 12.4 Å². The number of aliphatic hydroxyl groups excluding tert-OH is 1. The Balaban J connectivity index is 2.57. The Morgan fingerprint density at radius 2 is 2.31 bits per heavy atom. The first kappa shape index (κ1) is 9.99. The monoisotopic (exact) mass is 180 g/mol. The molecular weight excluding hydrogens is 164 g/mol. The van der Waals surface area contributed by atoms with Crippen LogP contribution in [-0.4, -0.2) is 22.7 Å². The molecule has 3 heteroatoms. The molecule has 3 nitrogen and oxygen atoms in total. The van der Waals surface area contributed by atoms with Crippen LogP contribution < -0.4 is 5.32 Å². The number of hydrogen-bond acceptors (Lipinski definition) is 3. The maximum absolute atomic E-state index is 9.07. The summed E-state index contributed by atoms with van der Waals surface area (Å²) in [7, 11) is 0. The highest BCUT2D eigenvalue weighted by molar-refractivity contribution is 5.40. The minimum Gasteiger partial charge on any atom is -0.394 e. The quantitative estimate of drug-likeness (QED) is 0.738. The van der Waals surface area contributed by atoms with Gasteiger partial charge in [-0.25, -0.2) is 0 Å². The second-order valence-electron chi connectivity index (χ2n) is 3.42. The molecule has 0 aliphatic heterocycles. The van der Waals surface area contributed by atoms with Crippen LogP contribution in [0.3, 0.4) is 0 Å². The zero-order valence-electron chi connectivity index (χ0n) is 8.07. The van der Waals surface area contributed by atoms with Gasteiger partial charge in [-0.05, 0) is 18.1 Å². The number of anilines is 1. The topological polar surface area (TPSA) is 45.1 Å². The third-order valence-electron chi connectivity index (χ3n) is 2.02. The predicted molar refractivity (Wildman–Crippen MR) is 53.6 cm³/mol. The molecule has 0 saturated heterocycles. The number of hydrogen-bond donors (Lipinski definition) is 2. The molecule has 13 heavy (non-hydrogen) atoms. The molecule has 72 valence electrons. The SMILES string of the molecule is CC(C)C(CO)Nc1cccnc1. The van der Waals surface area contributed by atoms with Crippen LogP contribution >= 0.6 is 0 Å². The van der Waals surface area contributed by atoms with Crippen molar-refractivity contribution in [2.45, 2.75) is 19.9 Å². The van der Waals surface area contributed by atoms with Gasteiger partial charge in [0.2, 0.25) is 0 Å². The fourth-order valence-corrected chi connectivity index (χ4v) is 1.09. The van der Waals surface area contributed by atoms with Crippen LogP contribution in [0.2, 0.25) is 0 Å². The normalized spacial score (nSPS) is 12.9. The summed E-state index contributed by atoms with van der Waals surface area (Å²) in [4.78, 5) is 3.99. The van der Waals surface area contributed by atoms with Gasteiger partial charge in [-0.15, -0.1) is 0 Å². The second-order valence-corrected chi connectivity index (χ2v) is 3.42. The van der Waals surface area contributed by atoms with Crippen molar-refractivity contribution >= 4 is 5.69 Å². The van der Waals surface area contributed by atoms with E-state index in [1.165, 1.54) is 0 Å². The van der Waals surface area contributed by atoms with Crippen LogP contribution in [0, 0.1) is 5.92 Å². The number of nitrogens with zero attached hydrogens (tertiary/aromatic N) is 1. The zero-order valence-corrected chi connectivity index (χ0v) is 8.07. The maximum Gasteiger partial charge on any atom is 0.0635 e. The summed E-state index contributed by atoms with van der Waals surface area (Å²) in [5, 5.41) is 12.3. The lowest BCUT2D eigenvalue weighted by Crippen LogP contribution is -2.29. The van der Waals surface area contributed by atoms with E-state index in [9.17, 15) is 0 Å². The second kappa shape index (κ2) is 4.82. The van der Waals surface area contributed by atoms with Crippen LogP contribution in [0.25, 0.3) is 0 Å². The molecule has 0 aliphatic carbocycles. The van der Waals surface area contributed by atoms with Crippen molar-refractivity contribution in [1.29, 1.82) is 0 Å². The van der Waals surface area contributed by atoms with Crippen molar-refractivity contribution in [2.24, 2.45) is 5.92 Å². The van der Waals surface area contributed by atoms with Gasteiger partial charge in [0.15, 0.2) is 0 Å². The van der Waals surface area contributed by atoms with Gasteiger partial charge in [-0.1, -0.05) is 13.8 Å². The Hall–Kier alpha value is -1.09. The molecule has 0 saturated carbocycles. The predicted octanol–water partition coefficient (Wildman–Crippen LogP) is 1.51. The minimum absolute atomic E-state index is 0.101. The molecular formula is C10H16N2O. The van der Waals surface area contributed by atoms with Crippen molar-refractivity contribution in [3.05, 3.63) is 24.5 Å². The lowest BCUT2D eigenvalue weighted by atomic mass is 10.1. The molecule has 0 radical (unpaired) electrons. The van der Waals surface area contributed by atoms with Crippen molar-refractivity contribution in [3.63, 3.8) is 0 Å². The average Bonchev–Trinajstić information content (AvgIpc) is 2.15. The Labute approximate surface area is 78.8 Å². The van der Waals surface area contributed by atoms with Gasteiger partial charge in [-0.2, -0.15) is 0 Å². The lowest BCUT2D eigenvalue weighted by Gasteiger charge is -2.20. The molecule has 0 spiro atoms. The Morgan fingerprint density at radius 1 is 1.54 bits per heavy atom. The van der Waals surface area contributed by atoms with Gasteiger partial charge in [0.05, 0.1) is 18.3 Å². The van der Waals surface area contributed by atoms with Crippen LogP contribution in [0.4, 0.5) is 5.69 Å². The smallest absolute Gasteiger partial charge is 0.0635 e. The van der Waals surface area contributed by atoms with Crippen LogP contribution in [-0.2, 0) is 0 Å². The van der Waals surface area contributed by atoms with Crippen LogP contribution in [0.15, 0.2) is 24.5 Å².